The van der Waals surface area contributed by atoms with Crippen molar-refractivity contribution in [2.75, 3.05) is 6.79 Å². The van der Waals surface area contributed by atoms with Gasteiger partial charge >= 0.3 is 5.97 Å². The maximum atomic E-state index is 13.4. The van der Waals surface area contributed by atoms with Crippen molar-refractivity contribution in [3.63, 3.8) is 0 Å². The van der Waals surface area contributed by atoms with Gasteiger partial charge in [0.2, 0.25) is 18.4 Å². The number of ether oxygens (including phenoxy) is 2. The minimum Gasteiger partial charge on any atom is -0.505 e. The smallest absolute Gasteiger partial charge is 0.307 e. The molecule has 0 radical (unpaired) electrons. The Morgan fingerprint density at radius 1 is 1.53 bits per heavy atom. The van der Waals surface area contributed by atoms with Gasteiger partial charge in [-0.1, -0.05) is 0 Å². The Balaban J connectivity index is 2.49. The Hall–Kier alpha value is -1.98. The molecule has 1 aromatic rings. The highest BCUT2D eigenvalue weighted by molar-refractivity contribution is 5.72. The Kier molecular flexibility index (Phi) is 2.11. The van der Waals surface area contributed by atoms with Crippen molar-refractivity contribution in [2.24, 2.45) is 0 Å². The van der Waals surface area contributed by atoms with E-state index in [0.717, 1.165) is 0 Å². The summed E-state index contributed by atoms with van der Waals surface area (Å²) in [7, 11) is 0. The second-order valence-electron chi connectivity index (χ2n) is 3.00. The molecule has 0 spiro atoms. The van der Waals surface area contributed by atoms with Crippen molar-refractivity contribution in [3.8, 4) is 17.2 Å². The van der Waals surface area contributed by atoms with E-state index in [1.807, 2.05) is 0 Å². The average molecular weight is 214 g/mol. The number of hydrogen-bond acceptors (Lipinski definition) is 4. The number of benzene rings is 1. The summed E-state index contributed by atoms with van der Waals surface area (Å²) in [5, 5.41) is 17.9. The van der Waals surface area contributed by atoms with Crippen LogP contribution in [0, 0.1) is 5.82 Å². The zero-order valence-corrected chi connectivity index (χ0v) is 7.49. The van der Waals surface area contributed by atoms with Gasteiger partial charge in [0.15, 0.2) is 11.5 Å². The standard InChI is InChI=1S/C9H7FO5/c10-7-8(13)4(2-6(11)12)1-5-9(7)15-3-14-5/h1,13H,2-3H2,(H,11,12). The SMILES string of the molecule is O=C(O)Cc1cc2c(c(F)c1O)OCO2. The van der Waals surface area contributed by atoms with Gasteiger partial charge in [-0.25, -0.2) is 0 Å². The summed E-state index contributed by atoms with van der Waals surface area (Å²) >= 11 is 0. The van der Waals surface area contributed by atoms with Crippen molar-refractivity contribution in [1.82, 2.24) is 0 Å². The second-order valence-corrected chi connectivity index (χ2v) is 3.00. The zero-order chi connectivity index (χ0) is 11.0. The van der Waals surface area contributed by atoms with Crippen LogP contribution in [0.3, 0.4) is 0 Å². The van der Waals surface area contributed by atoms with Gasteiger partial charge in [-0.3, -0.25) is 4.79 Å². The normalized spacial score (nSPS) is 12.9. The van der Waals surface area contributed by atoms with Gasteiger partial charge in [-0.2, -0.15) is 4.39 Å². The molecular weight excluding hydrogens is 207 g/mol. The Labute approximate surface area is 83.7 Å². The van der Waals surface area contributed by atoms with E-state index in [9.17, 15) is 14.3 Å². The molecule has 0 fully saturated rings. The third-order valence-corrected chi connectivity index (χ3v) is 2.00. The first-order valence-electron chi connectivity index (χ1n) is 4.11. The van der Waals surface area contributed by atoms with E-state index >= 15 is 0 Å². The first-order chi connectivity index (χ1) is 7.09. The van der Waals surface area contributed by atoms with Crippen LogP contribution in [-0.4, -0.2) is 23.0 Å². The maximum Gasteiger partial charge on any atom is 0.307 e. The Bertz CT molecular complexity index is 429. The quantitative estimate of drug-likeness (QED) is 0.764. The third-order valence-electron chi connectivity index (χ3n) is 2.00. The molecule has 0 unspecified atom stereocenters. The first kappa shape index (κ1) is 9.57. The molecule has 80 valence electrons. The third kappa shape index (κ3) is 1.54. The minimum atomic E-state index is -1.16. The minimum absolute atomic E-state index is 0.0377. The van der Waals surface area contributed by atoms with Crippen LogP contribution in [0.15, 0.2) is 6.07 Å². The average Bonchev–Trinajstić information content (AvgIpc) is 2.61. The number of carboxylic acids is 1. The topological polar surface area (TPSA) is 76.0 Å². The summed E-state index contributed by atoms with van der Waals surface area (Å²) in [4.78, 5) is 10.4. The second kappa shape index (κ2) is 3.30. The lowest BCUT2D eigenvalue weighted by Gasteiger charge is -2.05. The molecule has 0 saturated heterocycles. The summed E-state index contributed by atoms with van der Waals surface area (Å²) in [6, 6.07) is 1.26. The van der Waals surface area contributed by atoms with Crippen LogP contribution in [0.1, 0.15) is 5.56 Å². The molecule has 2 rings (SSSR count). The highest BCUT2D eigenvalue weighted by Gasteiger charge is 2.25. The molecule has 2 N–H and O–H groups in total. The summed E-state index contributed by atoms with van der Waals surface area (Å²) in [6.45, 7) is -0.137. The predicted molar refractivity (Wildman–Crippen MR) is 45.5 cm³/mol. The number of aliphatic carboxylic acids is 1. The fourth-order valence-corrected chi connectivity index (χ4v) is 1.34. The lowest BCUT2D eigenvalue weighted by atomic mass is 10.1. The summed E-state index contributed by atoms with van der Waals surface area (Å²) < 4.78 is 23.0. The number of carboxylic acid groups (broad SMARTS) is 1. The fraction of sp³-hybridized carbons (Fsp3) is 0.222. The number of halogens is 1. The lowest BCUT2D eigenvalue weighted by molar-refractivity contribution is -0.136. The molecule has 0 amide bonds. The van der Waals surface area contributed by atoms with Gasteiger partial charge in [0.1, 0.15) is 0 Å². The highest BCUT2D eigenvalue weighted by atomic mass is 19.1. The molecule has 6 heteroatoms. The van der Waals surface area contributed by atoms with E-state index in [2.05, 4.69) is 0 Å². The van der Waals surface area contributed by atoms with Gasteiger partial charge in [0, 0.05) is 5.56 Å². The van der Waals surface area contributed by atoms with Crippen molar-refractivity contribution in [2.45, 2.75) is 6.42 Å². The highest BCUT2D eigenvalue weighted by Crippen LogP contribution is 2.41. The number of carbonyl (C=O) groups is 1. The molecule has 5 nitrogen and oxygen atoms in total. The van der Waals surface area contributed by atoms with Crippen LogP contribution < -0.4 is 9.47 Å². The summed E-state index contributed by atoms with van der Waals surface area (Å²) in [6.07, 6.45) is -0.473. The predicted octanol–water partition coefficient (Wildman–Crippen LogP) is 0.887. The number of rotatable bonds is 2. The van der Waals surface area contributed by atoms with Gasteiger partial charge in [0.05, 0.1) is 6.42 Å². The van der Waals surface area contributed by atoms with E-state index in [-0.39, 0.29) is 23.9 Å². The summed E-state index contributed by atoms with van der Waals surface area (Å²) in [5.41, 5.74) is -0.0377. The van der Waals surface area contributed by atoms with Crippen LogP contribution in [0.5, 0.6) is 17.2 Å². The van der Waals surface area contributed by atoms with Crippen LogP contribution in [0.4, 0.5) is 4.39 Å². The number of fused-ring (bicyclic) bond motifs is 1. The van der Waals surface area contributed by atoms with Crippen LogP contribution >= 0.6 is 0 Å². The van der Waals surface area contributed by atoms with E-state index < -0.39 is 24.0 Å². The Morgan fingerprint density at radius 3 is 2.93 bits per heavy atom. The molecule has 0 aliphatic carbocycles. The molecule has 0 saturated carbocycles. The van der Waals surface area contributed by atoms with Crippen molar-refractivity contribution in [1.29, 1.82) is 0 Å². The number of hydrogen-bond donors (Lipinski definition) is 2. The molecule has 1 heterocycles. The Morgan fingerprint density at radius 2 is 2.27 bits per heavy atom. The van der Waals surface area contributed by atoms with Crippen LogP contribution in [-0.2, 0) is 11.2 Å². The molecule has 0 bridgehead atoms. The van der Waals surface area contributed by atoms with Crippen molar-refractivity contribution in [3.05, 3.63) is 17.4 Å². The van der Waals surface area contributed by atoms with E-state index in [1.54, 1.807) is 0 Å². The molecule has 1 aromatic carbocycles. The molecule has 0 aromatic heterocycles. The summed E-state index contributed by atoms with van der Waals surface area (Å²) in [5.74, 6) is -2.92. The van der Waals surface area contributed by atoms with Crippen LogP contribution in [0.2, 0.25) is 0 Å². The van der Waals surface area contributed by atoms with Gasteiger partial charge < -0.3 is 19.7 Å². The monoisotopic (exact) mass is 214 g/mol. The first-order valence-corrected chi connectivity index (χ1v) is 4.11. The van der Waals surface area contributed by atoms with Gasteiger partial charge in [-0.15, -0.1) is 0 Å². The zero-order valence-electron chi connectivity index (χ0n) is 7.49. The number of phenols is 1. The lowest BCUT2D eigenvalue weighted by Crippen LogP contribution is -2.01. The number of phenolic OH excluding ortho intramolecular Hbond substituents is 1. The van der Waals surface area contributed by atoms with E-state index in [0.29, 0.717) is 0 Å². The van der Waals surface area contributed by atoms with E-state index in [1.165, 1.54) is 6.07 Å². The van der Waals surface area contributed by atoms with E-state index in [4.69, 9.17) is 14.6 Å². The van der Waals surface area contributed by atoms with Gasteiger partial charge in [-0.05, 0) is 6.07 Å². The van der Waals surface area contributed by atoms with Crippen LogP contribution in [0.25, 0.3) is 0 Å². The molecule has 1 aliphatic rings. The molecule has 1 aliphatic heterocycles. The fourth-order valence-electron chi connectivity index (χ4n) is 1.34. The number of aromatic hydroxyl groups is 1. The molecule has 15 heavy (non-hydrogen) atoms. The van der Waals surface area contributed by atoms with Crippen molar-refractivity contribution < 1.29 is 28.9 Å². The maximum absolute atomic E-state index is 13.4. The van der Waals surface area contributed by atoms with Gasteiger partial charge in [0.25, 0.3) is 0 Å². The molecule has 0 atom stereocenters. The molecular formula is C9H7FO5. The largest absolute Gasteiger partial charge is 0.505 e. The van der Waals surface area contributed by atoms with Crippen molar-refractivity contribution >= 4 is 5.97 Å².